The second-order valence-electron chi connectivity index (χ2n) is 9.08. The van der Waals surface area contributed by atoms with E-state index in [9.17, 15) is 13.5 Å². The molecule has 1 aromatic carbocycles. The van der Waals surface area contributed by atoms with Gasteiger partial charge in [-0.15, -0.1) is 0 Å². The lowest BCUT2D eigenvalue weighted by molar-refractivity contribution is 0.0733. The highest BCUT2D eigenvalue weighted by Gasteiger charge is 2.38. The van der Waals surface area contributed by atoms with Crippen molar-refractivity contribution in [2.75, 3.05) is 26.7 Å². The van der Waals surface area contributed by atoms with E-state index in [0.29, 0.717) is 18.8 Å². The Morgan fingerprint density at radius 2 is 1.86 bits per heavy atom. The first kappa shape index (κ1) is 25.2. The van der Waals surface area contributed by atoms with Crippen LogP contribution in [0, 0.1) is 5.92 Å². The van der Waals surface area contributed by atoms with Crippen LogP contribution in [-0.4, -0.2) is 76.6 Å². The maximum atomic E-state index is 13.6. The summed E-state index contributed by atoms with van der Waals surface area (Å²) < 4.78 is 35.1. The molecule has 4 rings (SSSR count). The fraction of sp³-hybridized carbons (Fsp3) is 0.400. The lowest BCUT2D eigenvalue weighted by atomic mass is 10.0. The topological polar surface area (TPSA) is 109 Å². The van der Waals surface area contributed by atoms with Gasteiger partial charge in [0.05, 0.1) is 6.61 Å². The van der Waals surface area contributed by atoms with Gasteiger partial charge in [0.2, 0.25) is 10.0 Å². The Morgan fingerprint density at radius 1 is 1.14 bits per heavy atom. The summed E-state index contributed by atoms with van der Waals surface area (Å²) in [6, 6.07) is 8.33. The molecular formula is C25H31N5O4S. The molecule has 0 saturated carbocycles. The lowest BCUT2D eigenvalue weighted by Crippen LogP contribution is -2.49. The van der Waals surface area contributed by atoms with Crippen LogP contribution in [0.5, 0.6) is 5.75 Å². The van der Waals surface area contributed by atoms with E-state index in [4.69, 9.17) is 4.74 Å². The van der Waals surface area contributed by atoms with Crippen molar-refractivity contribution in [3.8, 4) is 16.9 Å². The summed E-state index contributed by atoms with van der Waals surface area (Å²) in [6.07, 6.45) is 8.15. The predicted octanol–water partition coefficient (Wildman–Crippen LogP) is 2.44. The van der Waals surface area contributed by atoms with Crippen molar-refractivity contribution in [3.05, 3.63) is 67.0 Å². The summed E-state index contributed by atoms with van der Waals surface area (Å²) in [5.74, 6) is 0.174. The SMILES string of the molecule is C[C@@H]1CN([C@@H](C)CO)S(=O)(=O)c2ccc(-c3ccncc3)cc2O[C@@H]1CN(C)Cc1cncnc1. The Morgan fingerprint density at radius 3 is 2.54 bits per heavy atom. The summed E-state index contributed by atoms with van der Waals surface area (Å²) in [4.78, 5) is 14.4. The van der Waals surface area contributed by atoms with Crippen LogP contribution in [0.15, 0.2) is 66.3 Å². The molecule has 0 unspecified atom stereocenters. The summed E-state index contributed by atoms with van der Waals surface area (Å²) in [7, 11) is -1.89. The zero-order chi connectivity index (χ0) is 25.0. The quantitative estimate of drug-likeness (QED) is 0.530. The number of benzene rings is 1. The second-order valence-corrected chi connectivity index (χ2v) is 10.9. The third kappa shape index (κ3) is 5.67. The number of aliphatic hydroxyl groups excluding tert-OH is 1. The van der Waals surface area contributed by atoms with Crippen molar-refractivity contribution in [2.24, 2.45) is 5.92 Å². The van der Waals surface area contributed by atoms with Gasteiger partial charge >= 0.3 is 0 Å². The fourth-order valence-electron chi connectivity index (χ4n) is 4.26. The van der Waals surface area contributed by atoms with Crippen LogP contribution in [0.1, 0.15) is 19.4 Å². The number of sulfonamides is 1. The van der Waals surface area contributed by atoms with Crippen molar-refractivity contribution in [2.45, 2.75) is 37.4 Å². The normalized spacial score (nSPS) is 20.9. The molecule has 1 aliphatic heterocycles. The Labute approximate surface area is 206 Å². The number of pyridine rings is 1. The van der Waals surface area contributed by atoms with Gasteiger partial charge in [-0.25, -0.2) is 18.4 Å². The van der Waals surface area contributed by atoms with Crippen molar-refractivity contribution in [1.82, 2.24) is 24.2 Å². The minimum Gasteiger partial charge on any atom is -0.487 e. The molecule has 3 heterocycles. The predicted molar refractivity (Wildman–Crippen MR) is 132 cm³/mol. The number of aliphatic hydroxyl groups is 1. The van der Waals surface area contributed by atoms with E-state index in [0.717, 1.165) is 16.7 Å². The average molecular weight is 498 g/mol. The molecule has 1 aliphatic rings. The van der Waals surface area contributed by atoms with Gasteiger partial charge in [0.1, 0.15) is 23.1 Å². The number of ether oxygens (including phenoxy) is 1. The van der Waals surface area contributed by atoms with Gasteiger partial charge in [0, 0.05) is 61.9 Å². The first-order valence-electron chi connectivity index (χ1n) is 11.6. The number of hydrogen-bond donors (Lipinski definition) is 1. The van der Waals surface area contributed by atoms with Crippen molar-refractivity contribution < 1.29 is 18.3 Å². The third-order valence-electron chi connectivity index (χ3n) is 6.24. The van der Waals surface area contributed by atoms with Gasteiger partial charge in [-0.1, -0.05) is 13.0 Å². The van der Waals surface area contributed by atoms with Crippen LogP contribution in [0.25, 0.3) is 11.1 Å². The first-order valence-corrected chi connectivity index (χ1v) is 13.0. The van der Waals surface area contributed by atoms with Crippen LogP contribution in [0.3, 0.4) is 0 Å². The Kier molecular flexibility index (Phi) is 7.75. The zero-order valence-corrected chi connectivity index (χ0v) is 21.0. The van der Waals surface area contributed by atoms with Gasteiger partial charge < -0.3 is 9.84 Å². The van der Waals surface area contributed by atoms with Gasteiger partial charge in [-0.2, -0.15) is 4.31 Å². The molecule has 0 spiro atoms. The highest BCUT2D eigenvalue weighted by molar-refractivity contribution is 7.89. The number of nitrogens with zero attached hydrogens (tertiary/aromatic N) is 5. The van der Waals surface area contributed by atoms with Crippen molar-refractivity contribution in [1.29, 1.82) is 0 Å². The maximum Gasteiger partial charge on any atom is 0.247 e. The van der Waals surface area contributed by atoms with E-state index < -0.39 is 16.1 Å². The first-order chi connectivity index (χ1) is 16.8. The van der Waals surface area contributed by atoms with Crippen molar-refractivity contribution in [3.63, 3.8) is 0 Å². The second kappa shape index (κ2) is 10.8. The van der Waals surface area contributed by atoms with E-state index in [2.05, 4.69) is 19.9 Å². The molecule has 0 radical (unpaired) electrons. The average Bonchev–Trinajstić information content (AvgIpc) is 2.86. The number of hydrogen-bond acceptors (Lipinski definition) is 8. The number of rotatable bonds is 7. The molecule has 1 N–H and O–H groups in total. The van der Waals surface area contributed by atoms with Crippen LogP contribution in [0.4, 0.5) is 0 Å². The Balaban J connectivity index is 1.72. The highest BCUT2D eigenvalue weighted by Crippen LogP contribution is 2.36. The summed E-state index contributed by atoms with van der Waals surface area (Å²) in [5, 5.41) is 9.82. The number of aromatic nitrogens is 3. The largest absolute Gasteiger partial charge is 0.487 e. The molecule has 0 saturated heterocycles. The van der Waals surface area contributed by atoms with Gasteiger partial charge in [-0.05, 0) is 49.4 Å². The van der Waals surface area contributed by atoms with E-state index >= 15 is 0 Å². The Hall–Kier alpha value is -2.92. The third-order valence-corrected chi connectivity index (χ3v) is 8.26. The molecule has 3 aromatic rings. The number of fused-ring (bicyclic) bond motifs is 1. The molecule has 0 aliphatic carbocycles. The minimum absolute atomic E-state index is 0.103. The van der Waals surface area contributed by atoms with E-state index in [-0.39, 0.29) is 30.1 Å². The standard InChI is InChI=1S/C25H31N5O4S/c1-18-13-30(19(2)16-31)35(32,33)25-5-4-22(21-6-8-26-9-7-21)10-23(25)34-24(18)15-29(3)14-20-11-27-17-28-12-20/h4-12,17-19,24,31H,13-16H2,1-3H3/t18-,19+,24-/m1/s1. The van der Waals surface area contributed by atoms with E-state index in [1.165, 1.54) is 10.6 Å². The molecule has 0 bridgehead atoms. The summed E-state index contributed by atoms with van der Waals surface area (Å²) in [6.45, 7) is 4.86. The van der Waals surface area contributed by atoms with Crippen LogP contribution < -0.4 is 4.74 Å². The number of likely N-dealkylation sites (N-methyl/N-ethyl adjacent to an activating group) is 1. The van der Waals surface area contributed by atoms with Gasteiger partial charge in [0.15, 0.2) is 0 Å². The van der Waals surface area contributed by atoms with Gasteiger partial charge in [0.25, 0.3) is 0 Å². The summed E-state index contributed by atoms with van der Waals surface area (Å²) >= 11 is 0. The maximum absolute atomic E-state index is 13.6. The van der Waals surface area contributed by atoms with Crippen LogP contribution in [-0.2, 0) is 16.6 Å². The highest BCUT2D eigenvalue weighted by atomic mass is 32.2. The summed E-state index contributed by atoms with van der Waals surface area (Å²) in [5.41, 5.74) is 2.73. The van der Waals surface area contributed by atoms with Crippen LogP contribution >= 0.6 is 0 Å². The molecule has 35 heavy (non-hydrogen) atoms. The smallest absolute Gasteiger partial charge is 0.247 e. The Bertz CT molecular complexity index is 1230. The molecule has 0 amide bonds. The molecule has 2 aromatic heterocycles. The molecular weight excluding hydrogens is 466 g/mol. The lowest BCUT2D eigenvalue weighted by Gasteiger charge is -2.37. The molecule has 9 nitrogen and oxygen atoms in total. The minimum atomic E-state index is -3.88. The molecule has 186 valence electrons. The van der Waals surface area contributed by atoms with E-state index in [1.807, 2.05) is 26.1 Å². The van der Waals surface area contributed by atoms with Crippen LogP contribution in [0.2, 0.25) is 0 Å². The monoisotopic (exact) mass is 497 g/mol. The van der Waals surface area contributed by atoms with Gasteiger partial charge in [-0.3, -0.25) is 9.88 Å². The molecule has 0 fully saturated rings. The zero-order valence-electron chi connectivity index (χ0n) is 20.2. The van der Waals surface area contributed by atoms with E-state index in [1.54, 1.807) is 49.9 Å². The fourth-order valence-corrected chi connectivity index (χ4v) is 6.09. The molecule has 3 atom stereocenters. The molecule has 10 heteroatoms. The van der Waals surface area contributed by atoms with Crippen molar-refractivity contribution >= 4 is 10.0 Å².